The minimum absolute atomic E-state index is 0.0168. The second-order valence-corrected chi connectivity index (χ2v) is 5.71. The van der Waals surface area contributed by atoms with Crippen molar-refractivity contribution < 1.29 is 9.31 Å². The van der Waals surface area contributed by atoms with Gasteiger partial charge in [0.1, 0.15) is 5.82 Å². The second-order valence-electron chi connectivity index (χ2n) is 4.86. The van der Waals surface area contributed by atoms with Crippen molar-refractivity contribution in [3.05, 3.63) is 38.1 Å². The van der Waals surface area contributed by atoms with Crippen LogP contribution in [0.4, 0.5) is 10.1 Å². The number of nitrogens with zero attached hydrogens (tertiary/aromatic N) is 1. The van der Waals surface area contributed by atoms with Gasteiger partial charge in [0.05, 0.1) is 9.40 Å². The predicted molar refractivity (Wildman–Crippen MR) is 74.6 cm³/mol. The van der Waals surface area contributed by atoms with Gasteiger partial charge in [-0.05, 0) is 53.7 Å². The van der Waals surface area contributed by atoms with E-state index in [1.165, 1.54) is 12.1 Å². The molecule has 1 unspecified atom stereocenters. The lowest BCUT2D eigenvalue weighted by molar-refractivity contribution is -0.385. The normalized spacial score (nSPS) is 16.4. The van der Waals surface area contributed by atoms with E-state index >= 15 is 0 Å². The summed E-state index contributed by atoms with van der Waals surface area (Å²) < 4.78 is 13.7. The Kier molecular flexibility index (Phi) is 4.52. The quantitative estimate of drug-likeness (QED) is 0.642. The van der Waals surface area contributed by atoms with E-state index in [1.54, 1.807) is 0 Å². The van der Waals surface area contributed by atoms with Gasteiger partial charge in [0.25, 0.3) is 5.69 Å². The molecular formula is C13H16BrFN2O2. The van der Waals surface area contributed by atoms with Crippen LogP contribution in [0.2, 0.25) is 0 Å². The van der Waals surface area contributed by atoms with Crippen LogP contribution >= 0.6 is 15.9 Å². The maximum Gasteiger partial charge on any atom is 0.273 e. The molecule has 19 heavy (non-hydrogen) atoms. The fraction of sp³-hybridized carbons (Fsp3) is 0.538. The first-order valence-corrected chi connectivity index (χ1v) is 7.18. The Balaban J connectivity index is 2.26. The van der Waals surface area contributed by atoms with Crippen LogP contribution in [0.25, 0.3) is 0 Å². The molecule has 1 atom stereocenters. The SMILES string of the molecule is CCNC(Cc1cc(F)c(Br)cc1[N+](=O)[O-])C1CC1. The Morgan fingerprint density at radius 3 is 2.79 bits per heavy atom. The van der Waals surface area contributed by atoms with E-state index < -0.39 is 10.7 Å². The average Bonchev–Trinajstić information content (AvgIpc) is 3.16. The third-order valence-corrected chi connectivity index (χ3v) is 4.02. The molecule has 1 saturated carbocycles. The highest BCUT2D eigenvalue weighted by Gasteiger charge is 2.32. The minimum atomic E-state index is -0.452. The first-order chi connectivity index (χ1) is 9.02. The third kappa shape index (κ3) is 3.51. The van der Waals surface area contributed by atoms with Crippen molar-refractivity contribution in [1.82, 2.24) is 5.32 Å². The van der Waals surface area contributed by atoms with Crippen LogP contribution in [0.3, 0.4) is 0 Å². The molecule has 0 spiro atoms. The minimum Gasteiger partial charge on any atom is -0.314 e. The van der Waals surface area contributed by atoms with Gasteiger partial charge in [0.2, 0.25) is 0 Å². The molecule has 0 aliphatic heterocycles. The summed E-state index contributed by atoms with van der Waals surface area (Å²) in [6.45, 7) is 2.82. The number of nitrogens with one attached hydrogen (secondary N) is 1. The molecule has 0 amide bonds. The zero-order valence-corrected chi connectivity index (χ0v) is 12.2. The van der Waals surface area contributed by atoms with E-state index in [2.05, 4.69) is 21.2 Å². The number of nitro groups is 1. The van der Waals surface area contributed by atoms with Gasteiger partial charge < -0.3 is 5.32 Å². The van der Waals surface area contributed by atoms with Gasteiger partial charge in [-0.1, -0.05) is 6.92 Å². The van der Waals surface area contributed by atoms with Gasteiger partial charge in [-0.2, -0.15) is 0 Å². The molecule has 104 valence electrons. The van der Waals surface area contributed by atoms with E-state index in [0.717, 1.165) is 19.4 Å². The highest BCUT2D eigenvalue weighted by molar-refractivity contribution is 9.10. The number of benzene rings is 1. The fourth-order valence-electron chi connectivity index (χ4n) is 2.31. The second kappa shape index (κ2) is 5.96. The van der Waals surface area contributed by atoms with Crippen molar-refractivity contribution in [2.24, 2.45) is 5.92 Å². The molecular weight excluding hydrogens is 315 g/mol. The van der Waals surface area contributed by atoms with Gasteiger partial charge in [-0.15, -0.1) is 0 Å². The molecule has 1 N–H and O–H groups in total. The highest BCUT2D eigenvalue weighted by atomic mass is 79.9. The lowest BCUT2D eigenvalue weighted by Crippen LogP contribution is -2.33. The van der Waals surface area contributed by atoms with Crippen LogP contribution in [0.1, 0.15) is 25.3 Å². The van der Waals surface area contributed by atoms with E-state index in [9.17, 15) is 14.5 Å². The Morgan fingerprint density at radius 1 is 1.58 bits per heavy atom. The first kappa shape index (κ1) is 14.4. The zero-order valence-electron chi connectivity index (χ0n) is 10.7. The molecule has 1 fully saturated rings. The number of hydrogen-bond donors (Lipinski definition) is 1. The number of hydrogen-bond acceptors (Lipinski definition) is 3. The largest absolute Gasteiger partial charge is 0.314 e. The molecule has 0 aromatic heterocycles. The van der Waals surface area contributed by atoms with E-state index in [1.807, 2.05) is 6.92 Å². The third-order valence-electron chi connectivity index (χ3n) is 3.42. The monoisotopic (exact) mass is 330 g/mol. The summed E-state index contributed by atoms with van der Waals surface area (Å²) >= 11 is 2.99. The number of nitro benzene ring substituents is 1. The molecule has 1 aromatic rings. The number of likely N-dealkylation sites (N-methyl/N-ethyl adjacent to an activating group) is 1. The van der Waals surface area contributed by atoms with Crippen LogP contribution in [0.5, 0.6) is 0 Å². The maximum absolute atomic E-state index is 13.6. The highest BCUT2D eigenvalue weighted by Crippen LogP contribution is 2.36. The standard InChI is InChI=1S/C13H16BrFN2O2/c1-2-16-12(8-3-4-8)6-9-5-11(15)10(14)7-13(9)17(18)19/h5,7-8,12,16H,2-4,6H2,1H3. The van der Waals surface area contributed by atoms with Crippen molar-refractivity contribution in [3.63, 3.8) is 0 Å². The van der Waals surface area contributed by atoms with Gasteiger partial charge in [-0.25, -0.2) is 4.39 Å². The molecule has 4 nitrogen and oxygen atoms in total. The van der Waals surface area contributed by atoms with Crippen LogP contribution in [-0.4, -0.2) is 17.5 Å². The van der Waals surface area contributed by atoms with Crippen LogP contribution in [0, 0.1) is 21.8 Å². The van der Waals surface area contributed by atoms with Crippen molar-refractivity contribution in [1.29, 1.82) is 0 Å². The summed E-state index contributed by atoms with van der Waals surface area (Å²) in [4.78, 5) is 10.6. The van der Waals surface area contributed by atoms with E-state index in [0.29, 0.717) is 17.9 Å². The molecule has 0 bridgehead atoms. The summed E-state index contributed by atoms with van der Waals surface area (Å²) in [6.07, 6.45) is 2.79. The lowest BCUT2D eigenvalue weighted by Gasteiger charge is -2.17. The van der Waals surface area contributed by atoms with Crippen molar-refractivity contribution in [2.75, 3.05) is 6.54 Å². The van der Waals surface area contributed by atoms with Crippen LogP contribution < -0.4 is 5.32 Å². The summed E-state index contributed by atoms with van der Waals surface area (Å²) in [6, 6.07) is 2.72. The smallest absolute Gasteiger partial charge is 0.273 e. The van der Waals surface area contributed by atoms with Crippen molar-refractivity contribution in [2.45, 2.75) is 32.2 Å². The summed E-state index contributed by atoms with van der Waals surface area (Å²) in [5, 5.41) is 14.4. The fourth-order valence-corrected chi connectivity index (χ4v) is 2.65. The Bertz CT molecular complexity index is 492. The summed E-state index contributed by atoms with van der Waals surface area (Å²) in [5.41, 5.74) is 0.445. The topological polar surface area (TPSA) is 55.2 Å². The summed E-state index contributed by atoms with van der Waals surface area (Å²) in [5.74, 6) is 0.109. The Morgan fingerprint density at radius 2 is 2.26 bits per heavy atom. The molecule has 0 heterocycles. The first-order valence-electron chi connectivity index (χ1n) is 6.38. The maximum atomic E-state index is 13.6. The van der Waals surface area contributed by atoms with E-state index in [4.69, 9.17) is 0 Å². The van der Waals surface area contributed by atoms with Gasteiger partial charge in [0.15, 0.2) is 0 Å². The zero-order chi connectivity index (χ0) is 14.0. The van der Waals surface area contributed by atoms with Crippen molar-refractivity contribution in [3.8, 4) is 0 Å². The number of halogens is 2. The van der Waals surface area contributed by atoms with Gasteiger partial charge >= 0.3 is 0 Å². The Labute approximate surface area is 119 Å². The molecule has 0 radical (unpaired) electrons. The lowest BCUT2D eigenvalue weighted by atomic mass is 10.0. The van der Waals surface area contributed by atoms with Crippen molar-refractivity contribution >= 4 is 21.6 Å². The van der Waals surface area contributed by atoms with E-state index in [-0.39, 0.29) is 16.2 Å². The molecule has 1 aliphatic rings. The molecule has 6 heteroatoms. The number of rotatable bonds is 6. The van der Waals surface area contributed by atoms with Gasteiger partial charge in [0, 0.05) is 17.7 Å². The molecule has 2 rings (SSSR count). The molecule has 0 saturated heterocycles. The molecule has 1 aliphatic carbocycles. The average molecular weight is 331 g/mol. The summed E-state index contributed by atoms with van der Waals surface area (Å²) in [7, 11) is 0. The molecule has 1 aromatic carbocycles. The Hall–Kier alpha value is -1.01. The predicted octanol–water partition coefficient (Wildman–Crippen LogP) is 3.43. The van der Waals surface area contributed by atoms with Gasteiger partial charge in [-0.3, -0.25) is 10.1 Å². The van der Waals surface area contributed by atoms with Crippen LogP contribution in [0.15, 0.2) is 16.6 Å². The van der Waals surface area contributed by atoms with Crippen LogP contribution in [-0.2, 0) is 6.42 Å².